The number of nitrogens with two attached hydrogens (primary N) is 1. The molecule has 5 nitrogen and oxygen atoms in total. The van der Waals surface area contributed by atoms with Crippen LogP contribution < -0.4 is 15.2 Å². The van der Waals surface area contributed by atoms with Crippen LogP contribution in [0.3, 0.4) is 0 Å². The summed E-state index contributed by atoms with van der Waals surface area (Å²) in [7, 11) is -3.45. The predicted octanol–water partition coefficient (Wildman–Crippen LogP) is 0.463. The number of hydrogen-bond acceptors (Lipinski definition) is 4. The third-order valence-corrected chi connectivity index (χ3v) is 4.10. The molecule has 2 rings (SSSR count). The van der Waals surface area contributed by atoms with Gasteiger partial charge in [0.15, 0.2) is 0 Å². The second kappa shape index (κ2) is 4.64. The highest BCUT2D eigenvalue weighted by Gasteiger charge is 2.37. The van der Waals surface area contributed by atoms with Gasteiger partial charge in [0.1, 0.15) is 5.75 Å². The SMILES string of the molecule is CCOc1ccc(S(=O)(=O)NC2CC2N)cc1. The molecule has 2 unspecified atom stereocenters. The highest BCUT2D eigenvalue weighted by atomic mass is 32.2. The zero-order valence-corrected chi connectivity index (χ0v) is 10.4. The predicted molar refractivity (Wildman–Crippen MR) is 64.3 cm³/mol. The van der Waals surface area contributed by atoms with E-state index in [9.17, 15) is 8.42 Å². The first kappa shape index (κ1) is 12.3. The van der Waals surface area contributed by atoms with Crippen molar-refractivity contribution in [2.75, 3.05) is 6.61 Å². The molecule has 94 valence electrons. The third kappa shape index (κ3) is 2.96. The van der Waals surface area contributed by atoms with E-state index in [0.29, 0.717) is 18.8 Å². The van der Waals surface area contributed by atoms with Crippen LogP contribution in [-0.2, 0) is 10.0 Å². The Morgan fingerprint density at radius 2 is 2.00 bits per heavy atom. The molecule has 1 aliphatic carbocycles. The Kier molecular flexibility index (Phi) is 3.37. The van der Waals surface area contributed by atoms with Crippen molar-refractivity contribution < 1.29 is 13.2 Å². The van der Waals surface area contributed by atoms with Crippen LogP contribution in [0.15, 0.2) is 29.2 Å². The summed E-state index contributed by atoms with van der Waals surface area (Å²) in [5.74, 6) is 0.662. The Balaban J connectivity index is 2.10. The molecule has 0 aliphatic heterocycles. The summed E-state index contributed by atoms with van der Waals surface area (Å²) in [4.78, 5) is 0.236. The molecule has 0 amide bonds. The Bertz CT molecular complexity index is 484. The van der Waals surface area contributed by atoms with E-state index in [0.717, 1.165) is 0 Å². The molecule has 0 aromatic heterocycles. The lowest BCUT2D eigenvalue weighted by molar-refractivity contribution is 0.340. The maximum absolute atomic E-state index is 11.9. The fourth-order valence-corrected chi connectivity index (χ4v) is 2.80. The maximum Gasteiger partial charge on any atom is 0.240 e. The van der Waals surface area contributed by atoms with Crippen LogP contribution in [0.4, 0.5) is 0 Å². The zero-order valence-electron chi connectivity index (χ0n) is 9.59. The Labute approximate surface area is 101 Å². The summed E-state index contributed by atoms with van der Waals surface area (Å²) in [5.41, 5.74) is 5.57. The highest BCUT2D eigenvalue weighted by molar-refractivity contribution is 7.89. The molecule has 3 N–H and O–H groups in total. The average molecular weight is 256 g/mol. The van der Waals surface area contributed by atoms with Crippen molar-refractivity contribution >= 4 is 10.0 Å². The third-order valence-electron chi connectivity index (χ3n) is 2.59. The first-order valence-corrected chi connectivity index (χ1v) is 7.02. The monoisotopic (exact) mass is 256 g/mol. The number of nitrogens with one attached hydrogen (secondary N) is 1. The van der Waals surface area contributed by atoms with Gasteiger partial charge in [-0.25, -0.2) is 13.1 Å². The number of rotatable bonds is 5. The Morgan fingerprint density at radius 1 is 1.41 bits per heavy atom. The lowest BCUT2D eigenvalue weighted by Crippen LogP contribution is -2.29. The van der Waals surface area contributed by atoms with Gasteiger partial charge < -0.3 is 10.5 Å². The van der Waals surface area contributed by atoms with Gasteiger partial charge in [0.25, 0.3) is 0 Å². The van der Waals surface area contributed by atoms with Crippen LogP contribution in [0.2, 0.25) is 0 Å². The quantitative estimate of drug-likeness (QED) is 0.802. The van der Waals surface area contributed by atoms with Crippen molar-refractivity contribution in [3.05, 3.63) is 24.3 Å². The van der Waals surface area contributed by atoms with Crippen molar-refractivity contribution in [2.24, 2.45) is 5.73 Å². The van der Waals surface area contributed by atoms with Gasteiger partial charge in [-0.05, 0) is 37.6 Å². The molecule has 1 aromatic carbocycles. The van der Waals surface area contributed by atoms with Crippen LogP contribution >= 0.6 is 0 Å². The largest absolute Gasteiger partial charge is 0.494 e. The molecular weight excluding hydrogens is 240 g/mol. The van der Waals surface area contributed by atoms with Gasteiger partial charge in [-0.1, -0.05) is 0 Å². The Morgan fingerprint density at radius 3 is 2.47 bits per heavy atom. The highest BCUT2D eigenvalue weighted by Crippen LogP contribution is 2.22. The van der Waals surface area contributed by atoms with Crippen LogP contribution in [-0.4, -0.2) is 27.1 Å². The van der Waals surface area contributed by atoms with Crippen LogP contribution in [0, 0.1) is 0 Å². The van der Waals surface area contributed by atoms with E-state index >= 15 is 0 Å². The van der Waals surface area contributed by atoms with Crippen LogP contribution in [0.5, 0.6) is 5.75 Å². The summed E-state index contributed by atoms with van der Waals surface area (Å²) in [5, 5.41) is 0. The lowest BCUT2D eigenvalue weighted by atomic mass is 10.3. The molecule has 1 fully saturated rings. The minimum atomic E-state index is -3.45. The van der Waals surface area contributed by atoms with E-state index in [2.05, 4.69) is 4.72 Å². The van der Waals surface area contributed by atoms with E-state index in [1.54, 1.807) is 12.1 Å². The fourth-order valence-electron chi connectivity index (χ4n) is 1.50. The van der Waals surface area contributed by atoms with Crippen molar-refractivity contribution in [1.29, 1.82) is 0 Å². The number of sulfonamides is 1. The van der Waals surface area contributed by atoms with Crippen molar-refractivity contribution in [3.63, 3.8) is 0 Å². The second-order valence-corrected chi connectivity index (χ2v) is 5.75. The molecule has 1 saturated carbocycles. The average Bonchev–Trinajstić information content (AvgIpc) is 2.94. The van der Waals surface area contributed by atoms with Gasteiger partial charge in [0.05, 0.1) is 11.5 Å². The molecule has 0 spiro atoms. The van der Waals surface area contributed by atoms with E-state index in [1.807, 2.05) is 6.92 Å². The van der Waals surface area contributed by atoms with E-state index < -0.39 is 10.0 Å². The van der Waals surface area contributed by atoms with Gasteiger partial charge in [0.2, 0.25) is 10.0 Å². The standard InChI is InChI=1S/C11H16N2O3S/c1-2-16-8-3-5-9(6-4-8)17(14,15)13-11-7-10(11)12/h3-6,10-11,13H,2,7,12H2,1H3. The first-order valence-electron chi connectivity index (χ1n) is 5.53. The Hall–Kier alpha value is -1.11. The lowest BCUT2D eigenvalue weighted by Gasteiger charge is -2.07. The summed E-state index contributed by atoms with van der Waals surface area (Å²) < 4.78 is 31.6. The molecular formula is C11H16N2O3S. The molecule has 6 heteroatoms. The van der Waals surface area contributed by atoms with Gasteiger partial charge in [0, 0.05) is 12.1 Å². The van der Waals surface area contributed by atoms with E-state index in [1.165, 1.54) is 12.1 Å². The minimum Gasteiger partial charge on any atom is -0.494 e. The molecule has 17 heavy (non-hydrogen) atoms. The van der Waals surface area contributed by atoms with Gasteiger partial charge in [-0.15, -0.1) is 0 Å². The summed E-state index contributed by atoms with van der Waals surface area (Å²) >= 11 is 0. The van der Waals surface area contributed by atoms with Crippen LogP contribution in [0.25, 0.3) is 0 Å². The van der Waals surface area contributed by atoms with E-state index in [4.69, 9.17) is 10.5 Å². The van der Waals surface area contributed by atoms with Crippen molar-refractivity contribution in [1.82, 2.24) is 4.72 Å². The first-order chi connectivity index (χ1) is 8.03. The molecule has 1 aliphatic rings. The van der Waals surface area contributed by atoms with Crippen molar-refractivity contribution in [2.45, 2.75) is 30.3 Å². The smallest absolute Gasteiger partial charge is 0.240 e. The molecule has 0 bridgehead atoms. The summed E-state index contributed by atoms with van der Waals surface area (Å²) in [6.45, 7) is 2.43. The molecule has 1 aromatic rings. The summed E-state index contributed by atoms with van der Waals surface area (Å²) in [6, 6.07) is 6.18. The summed E-state index contributed by atoms with van der Waals surface area (Å²) in [6.07, 6.45) is 0.705. The number of hydrogen-bond donors (Lipinski definition) is 2. The molecule has 0 saturated heterocycles. The van der Waals surface area contributed by atoms with Gasteiger partial charge >= 0.3 is 0 Å². The normalized spacial score (nSPS) is 23.4. The van der Waals surface area contributed by atoms with Crippen LogP contribution in [0.1, 0.15) is 13.3 Å². The van der Waals surface area contributed by atoms with Gasteiger partial charge in [-0.2, -0.15) is 0 Å². The molecule has 2 atom stereocenters. The zero-order chi connectivity index (χ0) is 12.5. The second-order valence-electron chi connectivity index (χ2n) is 4.03. The number of ether oxygens (including phenoxy) is 1. The van der Waals surface area contributed by atoms with Gasteiger partial charge in [-0.3, -0.25) is 0 Å². The minimum absolute atomic E-state index is 0.0486. The maximum atomic E-state index is 11.9. The topological polar surface area (TPSA) is 81.4 Å². The number of benzene rings is 1. The molecule has 0 radical (unpaired) electrons. The molecule has 0 heterocycles. The fraction of sp³-hybridized carbons (Fsp3) is 0.455. The van der Waals surface area contributed by atoms with Crippen molar-refractivity contribution in [3.8, 4) is 5.75 Å². The van der Waals surface area contributed by atoms with E-state index in [-0.39, 0.29) is 17.0 Å².